The maximum Gasteiger partial charge on any atom is 0.159 e. The van der Waals surface area contributed by atoms with Crippen molar-refractivity contribution >= 4 is 9.84 Å². The Labute approximate surface area is 71.9 Å². The predicted octanol–water partition coefficient (Wildman–Crippen LogP) is 0.733. The molecular formula is C7H12N2O2S. The molecular weight excluding hydrogens is 176 g/mol. The van der Waals surface area contributed by atoms with Crippen LogP contribution in [-0.4, -0.2) is 23.6 Å². The molecule has 0 aliphatic heterocycles. The Bertz CT molecular complexity index is 326. The fourth-order valence-electron chi connectivity index (χ4n) is 0.734. The zero-order chi connectivity index (χ0) is 9.19. The van der Waals surface area contributed by atoms with E-state index in [0.717, 1.165) is 0 Å². The SMILES string of the molecule is CC(C)S(=O)(=O)Cc1ncc[nH]1. The van der Waals surface area contributed by atoms with Crippen molar-refractivity contribution in [3.05, 3.63) is 18.2 Å². The molecule has 1 rings (SSSR count). The number of imidazole rings is 1. The molecule has 0 unspecified atom stereocenters. The van der Waals surface area contributed by atoms with Gasteiger partial charge in [0.05, 0.1) is 5.25 Å². The van der Waals surface area contributed by atoms with Crippen LogP contribution in [0.4, 0.5) is 0 Å². The van der Waals surface area contributed by atoms with Crippen LogP contribution in [0.15, 0.2) is 12.4 Å². The minimum absolute atomic E-state index is 0.00231. The van der Waals surface area contributed by atoms with Crippen molar-refractivity contribution < 1.29 is 8.42 Å². The first-order chi connectivity index (χ1) is 5.52. The molecule has 1 aromatic heterocycles. The number of hydrogen-bond donors (Lipinski definition) is 1. The highest BCUT2D eigenvalue weighted by Gasteiger charge is 2.17. The number of nitrogens with one attached hydrogen (secondary N) is 1. The van der Waals surface area contributed by atoms with Crippen LogP contribution in [-0.2, 0) is 15.6 Å². The van der Waals surface area contributed by atoms with Crippen LogP contribution in [0.5, 0.6) is 0 Å². The van der Waals surface area contributed by atoms with Gasteiger partial charge < -0.3 is 4.98 Å². The number of aromatic nitrogens is 2. The Balaban J connectivity index is 2.77. The van der Waals surface area contributed by atoms with Gasteiger partial charge >= 0.3 is 0 Å². The highest BCUT2D eigenvalue weighted by molar-refractivity contribution is 7.91. The van der Waals surface area contributed by atoms with Crippen molar-refractivity contribution in [3.63, 3.8) is 0 Å². The molecule has 0 radical (unpaired) electrons. The Kier molecular flexibility index (Phi) is 2.52. The normalized spacial score (nSPS) is 12.2. The lowest BCUT2D eigenvalue weighted by atomic mass is 10.6. The van der Waals surface area contributed by atoms with Crippen LogP contribution in [0.2, 0.25) is 0 Å². The van der Waals surface area contributed by atoms with Crippen molar-refractivity contribution in [3.8, 4) is 0 Å². The number of aromatic amines is 1. The van der Waals surface area contributed by atoms with E-state index in [9.17, 15) is 8.42 Å². The maximum atomic E-state index is 11.3. The van der Waals surface area contributed by atoms with Crippen LogP contribution < -0.4 is 0 Å². The van der Waals surface area contributed by atoms with Gasteiger partial charge in [0.25, 0.3) is 0 Å². The molecule has 5 heteroatoms. The Morgan fingerprint density at radius 3 is 2.67 bits per heavy atom. The highest BCUT2D eigenvalue weighted by atomic mass is 32.2. The fraction of sp³-hybridized carbons (Fsp3) is 0.571. The van der Waals surface area contributed by atoms with Crippen LogP contribution in [0.3, 0.4) is 0 Å². The summed E-state index contributed by atoms with van der Waals surface area (Å²) in [5.41, 5.74) is 0. The largest absolute Gasteiger partial charge is 0.348 e. The van der Waals surface area contributed by atoms with Crippen molar-refractivity contribution in [1.82, 2.24) is 9.97 Å². The van der Waals surface area contributed by atoms with Gasteiger partial charge in [-0.3, -0.25) is 0 Å². The van der Waals surface area contributed by atoms with Gasteiger partial charge in [-0.25, -0.2) is 13.4 Å². The van der Waals surface area contributed by atoms with E-state index >= 15 is 0 Å². The van der Waals surface area contributed by atoms with Crippen molar-refractivity contribution in [2.24, 2.45) is 0 Å². The first-order valence-electron chi connectivity index (χ1n) is 3.72. The lowest BCUT2D eigenvalue weighted by Gasteiger charge is -2.04. The summed E-state index contributed by atoms with van der Waals surface area (Å²) in [5, 5.41) is -0.345. The van der Waals surface area contributed by atoms with Crippen molar-refractivity contribution in [1.29, 1.82) is 0 Å². The second-order valence-corrected chi connectivity index (χ2v) is 5.45. The van der Waals surface area contributed by atoms with E-state index in [1.54, 1.807) is 26.2 Å². The summed E-state index contributed by atoms with van der Waals surface area (Å²) in [6, 6.07) is 0. The number of nitrogens with zero attached hydrogens (tertiary/aromatic N) is 1. The predicted molar refractivity (Wildman–Crippen MR) is 46.3 cm³/mol. The minimum Gasteiger partial charge on any atom is -0.348 e. The first kappa shape index (κ1) is 9.25. The van der Waals surface area contributed by atoms with E-state index < -0.39 is 9.84 Å². The number of H-pyrrole nitrogens is 1. The summed E-state index contributed by atoms with van der Waals surface area (Å²) >= 11 is 0. The molecule has 1 heterocycles. The van der Waals surface area contributed by atoms with Gasteiger partial charge in [0.15, 0.2) is 9.84 Å². The average Bonchev–Trinajstić information content (AvgIpc) is 2.38. The summed E-state index contributed by atoms with van der Waals surface area (Å²) in [5.74, 6) is 0.501. The Hall–Kier alpha value is -0.840. The summed E-state index contributed by atoms with van der Waals surface area (Å²) in [4.78, 5) is 6.61. The summed E-state index contributed by atoms with van der Waals surface area (Å²) in [7, 11) is -3.01. The third kappa shape index (κ3) is 2.07. The molecule has 0 spiro atoms. The standard InChI is InChI=1S/C7H12N2O2S/c1-6(2)12(10,11)5-7-8-3-4-9-7/h3-4,6H,5H2,1-2H3,(H,8,9). The van der Waals surface area contributed by atoms with E-state index in [4.69, 9.17) is 0 Å². The molecule has 4 nitrogen and oxygen atoms in total. The smallest absolute Gasteiger partial charge is 0.159 e. The van der Waals surface area contributed by atoms with Gasteiger partial charge in [0.2, 0.25) is 0 Å². The zero-order valence-corrected chi connectivity index (χ0v) is 7.93. The lowest BCUT2D eigenvalue weighted by Crippen LogP contribution is -2.16. The molecule has 1 aromatic rings. The van der Waals surface area contributed by atoms with E-state index in [1.807, 2.05) is 0 Å². The van der Waals surface area contributed by atoms with Gasteiger partial charge in [0.1, 0.15) is 11.6 Å². The number of sulfone groups is 1. The fourth-order valence-corrected chi connectivity index (χ4v) is 1.61. The van der Waals surface area contributed by atoms with E-state index in [-0.39, 0.29) is 11.0 Å². The molecule has 0 aromatic carbocycles. The summed E-state index contributed by atoms with van der Waals surface area (Å²) < 4.78 is 22.7. The van der Waals surface area contributed by atoms with Gasteiger partial charge in [-0.1, -0.05) is 0 Å². The monoisotopic (exact) mass is 188 g/mol. The maximum absolute atomic E-state index is 11.3. The summed E-state index contributed by atoms with van der Waals surface area (Å²) in [6.45, 7) is 3.33. The molecule has 0 saturated carbocycles. The van der Waals surface area contributed by atoms with Crippen molar-refractivity contribution in [2.75, 3.05) is 0 Å². The topological polar surface area (TPSA) is 62.8 Å². The quantitative estimate of drug-likeness (QED) is 0.760. The number of rotatable bonds is 3. The van der Waals surface area contributed by atoms with E-state index in [1.165, 1.54) is 0 Å². The average molecular weight is 188 g/mol. The summed E-state index contributed by atoms with van der Waals surface area (Å²) in [6.07, 6.45) is 3.16. The third-order valence-electron chi connectivity index (χ3n) is 1.61. The molecule has 0 aliphatic carbocycles. The van der Waals surface area contributed by atoms with E-state index in [2.05, 4.69) is 9.97 Å². The van der Waals surface area contributed by atoms with Gasteiger partial charge in [-0.05, 0) is 13.8 Å². The first-order valence-corrected chi connectivity index (χ1v) is 5.44. The van der Waals surface area contributed by atoms with E-state index in [0.29, 0.717) is 5.82 Å². The molecule has 0 fully saturated rings. The van der Waals surface area contributed by atoms with Crippen LogP contribution in [0, 0.1) is 0 Å². The lowest BCUT2D eigenvalue weighted by molar-refractivity contribution is 0.585. The molecule has 0 atom stereocenters. The Morgan fingerprint density at radius 2 is 2.25 bits per heavy atom. The molecule has 0 aliphatic rings. The van der Waals surface area contributed by atoms with Gasteiger partial charge in [0, 0.05) is 12.4 Å². The highest BCUT2D eigenvalue weighted by Crippen LogP contribution is 2.06. The van der Waals surface area contributed by atoms with Crippen LogP contribution in [0.1, 0.15) is 19.7 Å². The Morgan fingerprint density at radius 1 is 1.58 bits per heavy atom. The zero-order valence-electron chi connectivity index (χ0n) is 7.11. The molecule has 0 bridgehead atoms. The second kappa shape index (κ2) is 3.26. The van der Waals surface area contributed by atoms with Crippen LogP contribution in [0.25, 0.3) is 0 Å². The molecule has 12 heavy (non-hydrogen) atoms. The number of hydrogen-bond acceptors (Lipinski definition) is 3. The second-order valence-electron chi connectivity index (χ2n) is 2.89. The molecule has 1 N–H and O–H groups in total. The van der Waals surface area contributed by atoms with Gasteiger partial charge in [-0.2, -0.15) is 0 Å². The molecule has 68 valence electrons. The van der Waals surface area contributed by atoms with Crippen molar-refractivity contribution in [2.45, 2.75) is 24.9 Å². The third-order valence-corrected chi connectivity index (χ3v) is 3.72. The van der Waals surface area contributed by atoms with Gasteiger partial charge in [-0.15, -0.1) is 0 Å². The minimum atomic E-state index is -3.01. The molecule has 0 saturated heterocycles. The van der Waals surface area contributed by atoms with Crippen LogP contribution >= 0.6 is 0 Å². The molecule has 0 amide bonds.